The molecule has 1 saturated carbocycles. The minimum Gasteiger partial charge on any atom is -0.352 e. The number of halogens is 8. The summed E-state index contributed by atoms with van der Waals surface area (Å²) in [7, 11) is 0. The number of rotatable bonds is 6. The van der Waals surface area contributed by atoms with Crippen molar-refractivity contribution >= 4 is 40.8 Å². The third kappa shape index (κ3) is 5.89. The lowest BCUT2D eigenvalue weighted by atomic mass is 9.90. The fraction of sp³-hybridized carbons (Fsp3) is 0.364. The van der Waals surface area contributed by atoms with E-state index in [4.69, 9.17) is 16.4 Å². The summed E-state index contributed by atoms with van der Waals surface area (Å²) in [6.07, 6.45) is -4.38. The van der Waals surface area contributed by atoms with Gasteiger partial charge in [-0.1, -0.05) is 17.7 Å². The van der Waals surface area contributed by atoms with Gasteiger partial charge in [0.05, 0.1) is 17.0 Å². The molecule has 0 bridgehead atoms. The van der Waals surface area contributed by atoms with Crippen LogP contribution in [-0.2, 0) is 21.8 Å². The standard InChI is InChI=1S/C22H17ClF7N3O2S/c23-15-5-4-14(7-12(15)10-31-19(34)11-1-2-11)32-18-9-20(35-33-18,21(25,26)27)13-3-6-16(24)17(8-13)36-22(28,29)30/h3-8,11H,1-2,9-10H2,(H,31,34)(H,32,33). The predicted octanol–water partition coefficient (Wildman–Crippen LogP) is 6.53. The van der Waals surface area contributed by atoms with Crippen LogP contribution in [0.2, 0.25) is 5.02 Å². The first-order valence-corrected chi connectivity index (χ1v) is 11.7. The Labute approximate surface area is 209 Å². The van der Waals surface area contributed by atoms with Crippen LogP contribution in [0.3, 0.4) is 0 Å². The molecule has 1 unspecified atom stereocenters. The van der Waals surface area contributed by atoms with E-state index >= 15 is 0 Å². The Morgan fingerprint density at radius 2 is 1.89 bits per heavy atom. The Morgan fingerprint density at radius 1 is 1.17 bits per heavy atom. The molecular formula is C22H17ClF7N3O2S. The van der Waals surface area contributed by atoms with E-state index in [1.54, 1.807) is 0 Å². The lowest BCUT2D eigenvalue weighted by Gasteiger charge is -2.29. The quantitative estimate of drug-likeness (QED) is 0.314. The zero-order chi connectivity index (χ0) is 26.3. The summed E-state index contributed by atoms with van der Waals surface area (Å²) < 4.78 is 94.6. The normalized spacial score (nSPS) is 21.5. The average Bonchev–Trinajstić information content (AvgIpc) is 3.54. The highest BCUT2D eigenvalue weighted by Crippen LogP contribution is 2.49. The van der Waals surface area contributed by atoms with E-state index in [2.05, 4.69) is 15.8 Å². The lowest BCUT2D eigenvalue weighted by molar-refractivity contribution is -0.282. The number of aliphatic imine (C=N–C) groups is 1. The van der Waals surface area contributed by atoms with E-state index in [0.717, 1.165) is 18.9 Å². The molecule has 1 heterocycles. The highest BCUT2D eigenvalue weighted by Gasteiger charge is 2.62. The van der Waals surface area contributed by atoms with Crippen LogP contribution >= 0.6 is 23.4 Å². The van der Waals surface area contributed by atoms with Gasteiger partial charge in [0.25, 0.3) is 0 Å². The maximum Gasteiger partial charge on any atom is 0.446 e. The number of nitrogens with one attached hydrogen (secondary N) is 2. The first-order chi connectivity index (χ1) is 16.8. The summed E-state index contributed by atoms with van der Waals surface area (Å²) in [5, 5.41) is 3.05. The molecule has 5 nitrogen and oxygen atoms in total. The Morgan fingerprint density at radius 3 is 2.53 bits per heavy atom. The van der Waals surface area contributed by atoms with Gasteiger partial charge in [-0.05, 0) is 66.1 Å². The second-order valence-corrected chi connectivity index (χ2v) is 9.74. The Hall–Kier alpha value is -2.51. The summed E-state index contributed by atoms with van der Waals surface area (Å²) in [6, 6.07) is 6.09. The molecule has 1 atom stereocenters. The number of hydrogen-bond donors (Lipinski definition) is 2. The summed E-state index contributed by atoms with van der Waals surface area (Å²) in [5.41, 5.74) is -5.95. The molecule has 1 saturated heterocycles. The smallest absolute Gasteiger partial charge is 0.352 e. The molecule has 194 valence electrons. The van der Waals surface area contributed by atoms with E-state index in [1.165, 1.54) is 18.2 Å². The van der Waals surface area contributed by atoms with Crippen molar-refractivity contribution in [3.63, 3.8) is 0 Å². The molecule has 0 aromatic heterocycles. The van der Waals surface area contributed by atoms with Crippen LogP contribution in [0.1, 0.15) is 30.4 Å². The van der Waals surface area contributed by atoms with Gasteiger partial charge in [0.15, 0.2) is 0 Å². The maximum atomic E-state index is 14.1. The van der Waals surface area contributed by atoms with Gasteiger partial charge in [-0.3, -0.25) is 15.1 Å². The van der Waals surface area contributed by atoms with Crippen LogP contribution in [-0.4, -0.2) is 23.4 Å². The Balaban J connectivity index is 1.60. The third-order valence-corrected chi connectivity index (χ3v) is 6.67. The number of carbonyl (C=O) groups is 1. The second-order valence-electron chi connectivity index (χ2n) is 8.22. The number of carbonyl (C=O) groups excluding carboxylic acids is 1. The van der Waals surface area contributed by atoms with Gasteiger partial charge >= 0.3 is 11.7 Å². The van der Waals surface area contributed by atoms with Crippen molar-refractivity contribution < 1.29 is 40.4 Å². The average molecular weight is 556 g/mol. The van der Waals surface area contributed by atoms with Gasteiger partial charge < -0.3 is 5.32 Å². The van der Waals surface area contributed by atoms with Crippen molar-refractivity contribution in [1.82, 2.24) is 10.8 Å². The number of thioether (sulfide) groups is 1. The van der Waals surface area contributed by atoms with Gasteiger partial charge in [0, 0.05) is 17.5 Å². The van der Waals surface area contributed by atoms with E-state index in [-0.39, 0.29) is 29.9 Å². The Bertz CT molecular complexity index is 1200. The van der Waals surface area contributed by atoms with Crippen molar-refractivity contribution in [3.05, 3.63) is 58.4 Å². The van der Waals surface area contributed by atoms with E-state index in [9.17, 15) is 35.5 Å². The number of amidine groups is 1. The van der Waals surface area contributed by atoms with Crippen LogP contribution in [0.4, 0.5) is 36.4 Å². The number of nitrogens with zero attached hydrogens (tertiary/aromatic N) is 1. The van der Waals surface area contributed by atoms with E-state index in [1.807, 2.05) is 0 Å². The Kier molecular flexibility index (Phi) is 7.19. The summed E-state index contributed by atoms with van der Waals surface area (Å²) in [4.78, 5) is 19.8. The van der Waals surface area contributed by atoms with Crippen molar-refractivity contribution in [2.45, 2.75) is 48.0 Å². The largest absolute Gasteiger partial charge is 0.446 e. The first-order valence-electron chi connectivity index (χ1n) is 10.5. The topological polar surface area (TPSA) is 62.7 Å². The van der Waals surface area contributed by atoms with Gasteiger partial charge in [0.1, 0.15) is 11.7 Å². The molecule has 2 aliphatic rings. The molecule has 0 radical (unpaired) electrons. The van der Waals surface area contributed by atoms with Crippen molar-refractivity contribution in [1.29, 1.82) is 0 Å². The molecule has 1 aliphatic carbocycles. The summed E-state index contributed by atoms with van der Waals surface area (Å²) >= 11 is 5.29. The first kappa shape index (κ1) is 26.6. The van der Waals surface area contributed by atoms with Crippen molar-refractivity contribution in [2.24, 2.45) is 10.9 Å². The molecular weight excluding hydrogens is 539 g/mol. The molecule has 36 heavy (non-hydrogen) atoms. The maximum absolute atomic E-state index is 14.1. The van der Waals surface area contributed by atoms with Gasteiger partial charge in [-0.2, -0.15) is 26.3 Å². The molecule has 4 rings (SSSR count). The number of amides is 1. The van der Waals surface area contributed by atoms with Crippen LogP contribution < -0.4 is 10.8 Å². The lowest BCUT2D eigenvalue weighted by Crippen LogP contribution is -2.42. The van der Waals surface area contributed by atoms with E-state index < -0.39 is 51.7 Å². The highest BCUT2D eigenvalue weighted by atomic mass is 35.5. The van der Waals surface area contributed by atoms with Crippen LogP contribution in [0.15, 0.2) is 46.3 Å². The van der Waals surface area contributed by atoms with Gasteiger partial charge in [0.2, 0.25) is 11.5 Å². The van der Waals surface area contributed by atoms with Gasteiger partial charge in [-0.15, -0.1) is 0 Å². The minimum absolute atomic E-state index is 0.0240. The number of alkyl halides is 6. The monoisotopic (exact) mass is 555 g/mol. The number of hydrogen-bond acceptors (Lipinski definition) is 4. The molecule has 1 aliphatic heterocycles. The number of hydroxylamine groups is 1. The molecule has 0 spiro atoms. The zero-order valence-corrected chi connectivity index (χ0v) is 19.6. The summed E-state index contributed by atoms with van der Waals surface area (Å²) in [5.74, 6) is -1.73. The van der Waals surface area contributed by atoms with Crippen molar-refractivity contribution in [2.75, 3.05) is 0 Å². The van der Waals surface area contributed by atoms with Gasteiger partial charge in [-0.25, -0.2) is 9.38 Å². The summed E-state index contributed by atoms with van der Waals surface area (Å²) in [6.45, 7) is 0.0957. The van der Waals surface area contributed by atoms with Crippen LogP contribution in [0.25, 0.3) is 0 Å². The molecule has 14 heteroatoms. The van der Waals surface area contributed by atoms with E-state index in [0.29, 0.717) is 22.7 Å². The fourth-order valence-electron chi connectivity index (χ4n) is 3.55. The minimum atomic E-state index is -5.09. The number of benzene rings is 2. The highest BCUT2D eigenvalue weighted by molar-refractivity contribution is 8.00. The van der Waals surface area contributed by atoms with Crippen LogP contribution in [0.5, 0.6) is 0 Å². The van der Waals surface area contributed by atoms with Crippen LogP contribution in [0, 0.1) is 11.7 Å². The third-order valence-electron chi connectivity index (χ3n) is 5.54. The molecule has 2 fully saturated rings. The fourth-order valence-corrected chi connectivity index (χ4v) is 4.34. The van der Waals surface area contributed by atoms with Crippen molar-refractivity contribution in [3.8, 4) is 0 Å². The molecule has 2 N–H and O–H groups in total. The molecule has 2 aromatic carbocycles. The molecule has 1 amide bonds. The second kappa shape index (κ2) is 9.75. The predicted molar refractivity (Wildman–Crippen MR) is 118 cm³/mol. The SMILES string of the molecule is O=C(NCc1cc(N=C2CC(c3ccc(F)c(SC(F)(F)F)c3)(C(F)(F)F)ON2)ccc1Cl)C1CC1. The zero-order valence-electron chi connectivity index (χ0n) is 18.1. The molecule has 2 aromatic rings.